The molecule has 3 aromatic heterocycles. The summed E-state index contributed by atoms with van der Waals surface area (Å²) in [4.78, 5) is 0. The second-order valence-electron chi connectivity index (χ2n) is 6.08. The Morgan fingerprint density at radius 1 is 1.23 bits per heavy atom. The lowest BCUT2D eigenvalue weighted by Crippen LogP contribution is -2.08. The van der Waals surface area contributed by atoms with Crippen molar-refractivity contribution in [1.82, 2.24) is 29.6 Å². The Hall–Kier alpha value is -3.42. The number of rotatable bonds is 5. The molecule has 0 aliphatic carbocycles. The Labute approximate surface area is 150 Å². The van der Waals surface area contributed by atoms with Gasteiger partial charge in [-0.05, 0) is 32.0 Å². The normalized spacial score (nSPS) is 12.3. The van der Waals surface area contributed by atoms with Crippen LogP contribution in [-0.4, -0.2) is 36.7 Å². The molecule has 0 aliphatic rings. The van der Waals surface area contributed by atoms with Crippen molar-refractivity contribution in [3.8, 4) is 11.4 Å². The van der Waals surface area contributed by atoms with E-state index in [1.54, 1.807) is 18.0 Å². The van der Waals surface area contributed by atoms with Crippen molar-refractivity contribution in [3.05, 3.63) is 60.3 Å². The molecule has 1 aromatic carbocycles. The van der Waals surface area contributed by atoms with E-state index in [2.05, 4.69) is 32.6 Å². The minimum absolute atomic E-state index is 0.0386. The van der Waals surface area contributed by atoms with Crippen molar-refractivity contribution >= 4 is 11.3 Å². The van der Waals surface area contributed by atoms with Crippen molar-refractivity contribution in [2.75, 3.05) is 12.4 Å². The van der Waals surface area contributed by atoms with Gasteiger partial charge in [0.05, 0.1) is 36.4 Å². The molecule has 1 N–H and O–H groups in total. The van der Waals surface area contributed by atoms with E-state index in [0.29, 0.717) is 5.65 Å². The molecule has 0 saturated heterocycles. The third-order valence-corrected chi connectivity index (χ3v) is 4.18. The van der Waals surface area contributed by atoms with Crippen LogP contribution in [0.1, 0.15) is 24.2 Å². The smallest absolute Gasteiger partial charge is 0.200 e. The van der Waals surface area contributed by atoms with Crippen LogP contribution in [0.3, 0.4) is 0 Å². The minimum Gasteiger partial charge on any atom is -0.497 e. The van der Waals surface area contributed by atoms with E-state index in [0.717, 1.165) is 28.4 Å². The van der Waals surface area contributed by atoms with E-state index in [9.17, 15) is 0 Å². The Balaban J connectivity index is 1.60. The summed E-state index contributed by atoms with van der Waals surface area (Å²) in [5, 5.41) is 20.4. The van der Waals surface area contributed by atoms with Gasteiger partial charge in [-0.15, -0.1) is 10.2 Å². The van der Waals surface area contributed by atoms with Crippen LogP contribution in [-0.2, 0) is 0 Å². The van der Waals surface area contributed by atoms with E-state index in [4.69, 9.17) is 4.74 Å². The Kier molecular flexibility index (Phi) is 4.00. The SMILES string of the molecule is COc1cccc(-n2cc(C(C)Nc3cc(C)nn4cnnc34)cn2)c1. The summed E-state index contributed by atoms with van der Waals surface area (Å²) in [5.74, 6) is 0.798. The number of nitrogens with one attached hydrogen (secondary N) is 1. The number of fused-ring (bicyclic) bond motifs is 1. The highest BCUT2D eigenvalue weighted by molar-refractivity contribution is 5.67. The molecule has 0 amide bonds. The maximum Gasteiger partial charge on any atom is 0.200 e. The van der Waals surface area contributed by atoms with Gasteiger partial charge in [0, 0.05) is 17.8 Å². The van der Waals surface area contributed by atoms with Crippen molar-refractivity contribution < 1.29 is 4.74 Å². The molecule has 0 spiro atoms. The van der Waals surface area contributed by atoms with Crippen LogP contribution in [0.5, 0.6) is 5.75 Å². The number of hydrogen-bond acceptors (Lipinski definition) is 6. The largest absolute Gasteiger partial charge is 0.497 e. The molecule has 4 rings (SSSR count). The van der Waals surface area contributed by atoms with Crippen molar-refractivity contribution in [2.24, 2.45) is 0 Å². The molecule has 8 heteroatoms. The summed E-state index contributed by atoms with van der Waals surface area (Å²) in [7, 11) is 1.65. The fourth-order valence-electron chi connectivity index (χ4n) is 2.83. The van der Waals surface area contributed by atoms with Gasteiger partial charge in [0.15, 0.2) is 0 Å². The summed E-state index contributed by atoms with van der Waals surface area (Å²) in [6.45, 7) is 4.02. The molecule has 26 heavy (non-hydrogen) atoms. The van der Waals surface area contributed by atoms with Crippen LogP contribution in [0, 0.1) is 6.92 Å². The van der Waals surface area contributed by atoms with Gasteiger partial charge in [0.2, 0.25) is 5.65 Å². The van der Waals surface area contributed by atoms with E-state index in [1.807, 2.05) is 54.3 Å². The number of methoxy groups -OCH3 is 1. The third-order valence-electron chi connectivity index (χ3n) is 4.18. The van der Waals surface area contributed by atoms with Gasteiger partial charge in [0.25, 0.3) is 0 Å². The topological polar surface area (TPSA) is 82.2 Å². The highest BCUT2D eigenvalue weighted by atomic mass is 16.5. The molecule has 0 bridgehead atoms. The molecule has 4 aromatic rings. The minimum atomic E-state index is 0.0386. The van der Waals surface area contributed by atoms with Gasteiger partial charge >= 0.3 is 0 Å². The molecule has 0 radical (unpaired) electrons. The first kappa shape index (κ1) is 16.1. The number of aromatic nitrogens is 6. The van der Waals surface area contributed by atoms with Gasteiger partial charge in [-0.3, -0.25) is 0 Å². The first-order valence-corrected chi connectivity index (χ1v) is 8.27. The maximum atomic E-state index is 5.28. The zero-order valence-electron chi connectivity index (χ0n) is 14.8. The van der Waals surface area contributed by atoms with Crippen molar-refractivity contribution in [1.29, 1.82) is 0 Å². The molecule has 132 valence electrons. The monoisotopic (exact) mass is 349 g/mol. The molecule has 1 atom stereocenters. The summed E-state index contributed by atoms with van der Waals surface area (Å²) in [6.07, 6.45) is 5.45. The highest BCUT2D eigenvalue weighted by Crippen LogP contribution is 2.23. The van der Waals surface area contributed by atoms with Crippen LogP contribution in [0.15, 0.2) is 49.1 Å². The molecule has 0 saturated carbocycles. The molecular formula is C18H19N7O. The molecule has 8 nitrogen and oxygen atoms in total. The van der Waals surface area contributed by atoms with Crippen LogP contribution in [0.4, 0.5) is 5.69 Å². The Bertz CT molecular complexity index is 1050. The number of ether oxygens (including phenoxy) is 1. The average Bonchev–Trinajstić information content (AvgIpc) is 3.31. The zero-order valence-corrected chi connectivity index (χ0v) is 14.8. The van der Waals surface area contributed by atoms with Crippen LogP contribution >= 0.6 is 0 Å². The van der Waals surface area contributed by atoms with Crippen LogP contribution < -0.4 is 10.1 Å². The maximum absolute atomic E-state index is 5.28. The zero-order chi connectivity index (χ0) is 18.1. The van der Waals surface area contributed by atoms with E-state index >= 15 is 0 Å². The van der Waals surface area contributed by atoms with E-state index in [1.165, 1.54) is 0 Å². The molecule has 3 heterocycles. The van der Waals surface area contributed by atoms with Crippen LogP contribution in [0.2, 0.25) is 0 Å². The van der Waals surface area contributed by atoms with Gasteiger partial charge in [-0.25, -0.2) is 4.68 Å². The summed E-state index contributed by atoms with van der Waals surface area (Å²) in [5.41, 5.74) is 4.47. The quantitative estimate of drug-likeness (QED) is 0.597. The van der Waals surface area contributed by atoms with E-state index in [-0.39, 0.29) is 6.04 Å². The Morgan fingerprint density at radius 3 is 2.96 bits per heavy atom. The van der Waals surface area contributed by atoms with Gasteiger partial charge in [-0.1, -0.05) is 6.07 Å². The number of benzene rings is 1. The fourth-order valence-corrected chi connectivity index (χ4v) is 2.83. The summed E-state index contributed by atoms with van der Waals surface area (Å²) in [6, 6.07) is 9.79. The van der Waals surface area contributed by atoms with Gasteiger partial charge < -0.3 is 10.1 Å². The van der Waals surface area contributed by atoms with Crippen LogP contribution in [0.25, 0.3) is 11.3 Å². The summed E-state index contributed by atoms with van der Waals surface area (Å²) >= 11 is 0. The van der Waals surface area contributed by atoms with E-state index < -0.39 is 0 Å². The molecule has 1 unspecified atom stereocenters. The molecular weight excluding hydrogens is 330 g/mol. The lowest BCUT2D eigenvalue weighted by molar-refractivity contribution is 0.414. The Morgan fingerprint density at radius 2 is 2.12 bits per heavy atom. The predicted molar refractivity (Wildman–Crippen MR) is 97.7 cm³/mol. The summed E-state index contributed by atoms with van der Waals surface area (Å²) < 4.78 is 8.78. The van der Waals surface area contributed by atoms with Gasteiger partial charge in [-0.2, -0.15) is 14.7 Å². The standard InChI is InChI=1S/C18H19N7O/c1-12-7-17(18-22-19-11-25(18)23-12)21-13(2)14-9-20-24(10-14)15-5-4-6-16(8-15)26-3/h4-11,13,21H,1-3H3. The second kappa shape index (κ2) is 6.47. The third kappa shape index (κ3) is 2.97. The van der Waals surface area contributed by atoms with Crippen molar-refractivity contribution in [2.45, 2.75) is 19.9 Å². The second-order valence-corrected chi connectivity index (χ2v) is 6.08. The fraction of sp³-hybridized carbons (Fsp3) is 0.222. The number of anilines is 1. The first-order chi connectivity index (χ1) is 12.6. The lowest BCUT2D eigenvalue weighted by Gasteiger charge is -2.14. The highest BCUT2D eigenvalue weighted by Gasteiger charge is 2.13. The molecule has 0 fully saturated rings. The first-order valence-electron chi connectivity index (χ1n) is 8.27. The lowest BCUT2D eigenvalue weighted by atomic mass is 10.2. The number of nitrogens with zero attached hydrogens (tertiary/aromatic N) is 6. The van der Waals surface area contributed by atoms with Crippen molar-refractivity contribution in [3.63, 3.8) is 0 Å². The predicted octanol–water partition coefficient (Wildman–Crippen LogP) is 2.80. The molecule has 0 aliphatic heterocycles. The van der Waals surface area contributed by atoms with Gasteiger partial charge in [0.1, 0.15) is 12.1 Å². The number of aryl methyl sites for hydroxylation is 1. The number of hydrogen-bond donors (Lipinski definition) is 1. The average molecular weight is 349 g/mol.